The molecule has 1 rings (SSSR count). The number of hydrogen-bond acceptors (Lipinski definition) is 0. The van der Waals surface area contributed by atoms with E-state index in [0.717, 1.165) is 6.08 Å². The molecule has 10 heteroatoms. The maximum atomic E-state index is 12.6. The number of alkyl halides is 9. The number of rotatable bonds is 1. The second kappa shape index (κ2) is 4.20. The fourth-order valence-corrected chi connectivity index (χ4v) is 7.09. The first-order valence-electron chi connectivity index (χ1n) is 4.33. The topological polar surface area (TPSA) is 0 Å². The summed E-state index contributed by atoms with van der Waals surface area (Å²) in [7, 11) is 0. The van der Waals surface area contributed by atoms with Gasteiger partial charge in [0.1, 0.15) is 0 Å². The van der Waals surface area contributed by atoms with Crippen LogP contribution in [0.5, 0.6) is 0 Å². The van der Waals surface area contributed by atoms with Crippen LogP contribution in [-0.2, 0) is 0 Å². The van der Waals surface area contributed by atoms with Gasteiger partial charge in [0.25, 0.3) is 0 Å². The molecule has 0 aromatic rings. The molecule has 1 aliphatic carbocycles. The van der Waals surface area contributed by atoms with Crippen LogP contribution < -0.4 is 0 Å². The molecule has 1 radical (unpaired) electrons. The Morgan fingerprint density at radius 3 is 1.44 bits per heavy atom. The summed E-state index contributed by atoms with van der Waals surface area (Å²) in [6.07, 6.45) is 2.09. The first-order chi connectivity index (χ1) is 7.86. The average Bonchev–Trinajstić information content (AvgIpc) is 2.48. The van der Waals surface area contributed by atoms with Gasteiger partial charge in [0.2, 0.25) is 0 Å². The summed E-state index contributed by atoms with van der Waals surface area (Å²) in [5.41, 5.74) is 0. The molecule has 0 atom stereocenters. The number of hydrogen-bond donors (Lipinski definition) is 0. The van der Waals surface area contributed by atoms with Crippen LogP contribution in [0.1, 0.15) is 6.42 Å². The van der Waals surface area contributed by atoms with E-state index in [4.69, 9.17) is 0 Å². The molecule has 18 heavy (non-hydrogen) atoms. The van der Waals surface area contributed by atoms with Crippen molar-refractivity contribution >= 4 is 13.3 Å². The standard InChI is InChI=1S/C8H4F9Ge/c9-6(10,11)18(7(12,13)14,8(15,16)17)5-3-1-2-4-5/h1,3H,2H2. The maximum absolute atomic E-state index is 12.6. The summed E-state index contributed by atoms with van der Waals surface area (Å²) < 4.78 is 111. The van der Waals surface area contributed by atoms with Gasteiger partial charge >= 0.3 is 96.9 Å². The van der Waals surface area contributed by atoms with Crippen molar-refractivity contribution in [1.82, 2.24) is 0 Å². The molecule has 0 N–H and O–H groups in total. The van der Waals surface area contributed by atoms with E-state index in [9.17, 15) is 39.5 Å². The van der Waals surface area contributed by atoms with E-state index < -0.39 is 39.1 Å². The number of allylic oxidation sites excluding steroid dienone is 4. The van der Waals surface area contributed by atoms with Crippen LogP contribution in [0.2, 0.25) is 0 Å². The minimum absolute atomic E-state index is 0.231. The molecule has 103 valence electrons. The SMILES string of the molecule is F[C](F)(F)[Ge]([C]1=[C]CC=C1)([C](F)(F)F)[C](F)(F)F. The van der Waals surface area contributed by atoms with Crippen LogP contribution in [0.4, 0.5) is 39.5 Å². The summed E-state index contributed by atoms with van der Waals surface area (Å²) in [5, 5.41) is -19.1. The van der Waals surface area contributed by atoms with Gasteiger partial charge < -0.3 is 0 Å². The molecule has 0 aromatic carbocycles. The van der Waals surface area contributed by atoms with Crippen LogP contribution in [0.25, 0.3) is 0 Å². The summed E-state index contributed by atoms with van der Waals surface area (Å²) in [6.45, 7) is 0. The molecule has 0 unspecified atom stereocenters. The molecule has 0 bridgehead atoms. The molecule has 0 heterocycles. The predicted molar refractivity (Wildman–Crippen MR) is 44.4 cm³/mol. The van der Waals surface area contributed by atoms with Gasteiger partial charge in [0, 0.05) is 0 Å². The van der Waals surface area contributed by atoms with Crippen molar-refractivity contribution in [2.75, 3.05) is 0 Å². The second-order valence-corrected chi connectivity index (χ2v) is 11.3. The van der Waals surface area contributed by atoms with Gasteiger partial charge in [-0.15, -0.1) is 0 Å². The Hall–Kier alpha value is -0.607. The third-order valence-electron chi connectivity index (χ3n) is 2.37. The van der Waals surface area contributed by atoms with Crippen molar-refractivity contribution < 1.29 is 39.5 Å². The first-order valence-corrected chi connectivity index (χ1v) is 8.53. The molecule has 0 amide bonds. The molecular formula is C8H4F9Ge. The van der Waals surface area contributed by atoms with Gasteiger partial charge in [0.15, 0.2) is 0 Å². The van der Waals surface area contributed by atoms with Crippen LogP contribution in [-0.4, -0.2) is 28.3 Å². The third kappa shape index (κ3) is 2.05. The van der Waals surface area contributed by atoms with E-state index in [-0.39, 0.29) is 6.08 Å². The van der Waals surface area contributed by atoms with Crippen LogP contribution in [0.3, 0.4) is 0 Å². The van der Waals surface area contributed by atoms with E-state index in [2.05, 4.69) is 0 Å². The molecule has 0 aromatic heterocycles. The Morgan fingerprint density at radius 2 is 1.22 bits per heavy atom. The summed E-state index contributed by atoms with van der Waals surface area (Å²) in [4.78, 5) is 0. The fourth-order valence-electron chi connectivity index (χ4n) is 1.60. The van der Waals surface area contributed by atoms with Crippen LogP contribution in [0, 0.1) is 6.08 Å². The molecule has 0 spiro atoms. The van der Waals surface area contributed by atoms with Gasteiger partial charge in [0.05, 0.1) is 0 Å². The molecule has 0 saturated heterocycles. The Labute approximate surface area is 97.5 Å². The molecule has 1 aliphatic rings. The van der Waals surface area contributed by atoms with E-state index in [1.165, 1.54) is 0 Å². The van der Waals surface area contributed by atoms with Crippen molar-refractivity contribution in [2.45, 2.75) is 21.4 Å². The monoisotopic (exact) mass is 345 g/mol. The van der Waals surface area contributed by atoms with Crippen molar-refractivity contribution in [3.05, 3.63) is 22.6 Å². The average molecular weight is 344 g/mol. The zero-order valence-corrected chi connectivity index (χ0v) is 10.4. The number of halogens is 9. The van der Waals surface area contributed by atoms with Gasteiger partial charge in [-0.3, -0.25) is 0 Å². The molecule has 0 fully saturated rings. The van der Waals surface area contributed by atoms with Crippen molar-refractivity contribution in [3.8, 4) is 0 Å². The Bertz CT molecular complexity index is 345. The molecule has 0 nitrogen and oxygen atoms in total. The van der Waals surface area contributed by atoms with Gasteiger partial charge in [-0.1, -0.05) is 0 Å². The van der Waals surface area contributed by atoms with Crippen molar-refractivity contribution in [3.63, 3.8) is 0 Å². The zero-order chi connectivity index (χ0) is 14.4. The van der Waals surface area contributed by atoms with E-state index in [1.54, 1.807) is 6.08 Å². The first kappa shape index (κ1) is 15.5. The summed E-state index contributed by atoms with van der Waals surface area (Å²) >= 11 is -8.40. The van der Waals surface area contributed by atoms with E-state index >= 15 is 0 Å². The molecule has 0 saturated carbocycles. The summed E-state index contributed by atoms with van der Waals surface area (Å²) in [5.74, 6) is 0. The molecular weight excluding hydrogens is 340 g/mol. The van der Waals surface area contributed by atoms with Crippen molar-refractivity contribution in [2.24, 2.45) is 0 Å². The third-order valence-corrected chi connectivity index (χ3v) is 10.1. The Kier molecular flexibility index (Phi) is 3.61. The van der Waals surface area contributed by atoms with Gasteiger partial charge in [-0.25, -0.2) is 0 Å². The fraction of sp³-hybridized carbons (Fsp3) is 0.500. The predicted octanol–water partition coefficient (Wildman–Crippen LogP) is 3.97. The zero-order valence-electron chi connectivity index (χ0n) is 8.26. The van der Waals surface area contributed by atoms with Gasteiger partial charge in [-0.2, -0.15) is 0 Å². The van der Waals surface area contributed by atoms with Gasteiger partial charge in [-0.05, 0) is 0 Å². The quantitative estimate of drug-likeness (QED) is 0.499. The minimum atomic E-state index is -8.40. The van der Waals surface area contributed by atoms with Crippen LogP contribution in [0.15, 0.2) is 16.6 Å². The van der Waals surface area contributed by atoms with Crippen LogP contribution >= 0.6 is 0 Å². The normalized spacial score (nSPS) is 18.2. The summed E-state index contributed by atoms with van der Waals surface area (Å²) in [6, 6.07) is 0. The molecule has 0 aliphatic heterocycles. The van der Waals surface area contributed by atoms with E-state index in [0.29, 0.717) is 0 Å². The van der Waals surface area contributed by atoms with E-state index in [1.807, 2.05) is 0 Å². The van der Waals surface area contributed by atoms with Crippen molar-refractivity contribution in [1.29, 1.82) is 0 Å². The Morgan fingerprint density at radius 1 is 0.833 bits per heavy atom. The Balaban J connectivity index is 3.63. The second-order valence-electron chi connectivity index (χ2n) is 3.44.